The first-order valence-electron chi connectivity index (χ1n) is 5.79. The van der Waals surface area contributed by atoms with E-state index in [1.54, 1.807) is 0 Å². The van der Waals surface area contributed by atoms with E-state index in [9.17, 15) is 0 Å². The van der Waals surface area contributed by atoms with Crippen LogP contribution in [0.1, 0.15) is 30.4 Å². The van der Waals surface area contributed by atoms with E-state index >= 15 is 0 Å². The summed E-state index contributed by atoms with van der Waals surface area (Å²) < 4.78 is 0. The zero-order valence-corrected chi connectivity index (χ0v) is 10.3. The van der Waals surface area contributed by atoms with Gasteiger partial charge in [-0.1, -0.05) is 18.2 Å². The molecule has 0 heterocycles. The first-order valence-corrected chi connectivity index (χ1v) is 5.79. The summed E-state index contributed by atoms with van der Waals surface area (Å²) in [5.41, 5.74) is 23.6. The maximum absolute atomic E-state index is 6.11. The lowest BCUT2D eigenvalue weighted by Gasteiger charge is -2.24. The monoisotopic (exact) mass is 229 g/mol. The lowest BCUT2D eigenvalue weighted by atomic mass is 9.85. The van der Waals surface area contributed by atoms with Crippen LogP contribution in [0.25, 0.3) is 0 Å². The number of anilines is 1. The third kappa shape index (κ3) is 2.00. The summed E-state index contributed by atoms with van der Waals surface area (Å²) in [5, 5.41) is 0. The van der Waals surface area contributed by atoms with Gasteiger partial charge in [0.15, 0.2) is 0 Å². The molecule has 0 fully saturated rings. The molecule has 6 N–H and O–H groups in total. The van der Waals surface area contributed by atoms with E-state index in [1.807, 2.05) is 26.0 Å². The van der Waals surface area contributed by atoms with Crippen LogP contribution in [-0.2, 0) is 0 Å². The van der Waals surface area contributed by atoms with Crippen molar-refractivity contribution in [2.24, 2.45) is 11.5 Å². The van der Waals surface area contributed by atoms with Gasteiger partial charge in [-0.05, 0) is 43.0 Å². The summed E-state index contributed by atoms with van der Waals surface area (Å²) in [6.45, 7) is 3.99. The Labute approximate surface area is 102 Å². The van der Waals surface area contributed by atoms with Crippen LogP contribution in [0.4, 0.5) is 5.69 Å². The molecule has 0 amide bonds. The van der Waals surface area contributed by atoms with Crippen molar-refractivity contribution < 1.29 is 0 Å². The molecule has 1 atom stereocenters. The van der Waals surface area contributed by atoms with E-state index in [-0.39, 0.29) is 5.92 Å². The summed E-state index contributed by atoms with van der Waals surface area (Å²) in [6.07, 6.45) is 3.02. The minimum atomic E-state index is 0.154. The molecule has 0 saturated heterocycles. The van der Waals surface area contributed by atoms with Crippen molar-refractivity contribution in [1.82, 2.24) is 0 Å². The number of aryl methyl sites for hydroxylation is 1. The second-order valence-electron chi connectivity index (χ2n) is 4.66. The number of allylic oxidation sites excluding steroid dienone is 3. The van der Waals surface area contributed by atoms with Gasteiger partial charge < -0.3 is 17.2 Å². The molecule has 0 aliphatic heterocycles. The number of hydrogen-bond donors (Lipinski definition) is 3. The van der Waals surface area contributed by atoms with Gasteiger partial charge >= 0.3 is 0 Å². The molecular formula is C14H19N3. The van der Waals surface area contributed by atoms with E-state index in [0.717, 1.165) is 34.5 Å². The summed E-state index contributed by atoms with van der Waals surface area (Å²) in [7, 11) is 0. The Bertz CT molecular complexity index is 512. The fourth-order valence-corrected chi connectivity index (χ4v) is 2.14. The minimum absolute atomic E-state index is 0.154. The minimum Gasteiger partial charge on any atom is -0.400 e. The van der Waals surface area contributed by atoms with E-state index in [0.29, 0.717) is 5.70 Å². The molecule has 1 aliphatic rings. The molecule has 1 aromatic rings. The average Bonchev–Trinajstić information content (AvgIpc) is 2.30. The molecule has 1 unspecified atom stereocenters. The van der Waals surface area contributed by atoms with Gasteiger partial charge in [-0.25, -0.2) is 0 Å². The number of nitrogen functional groups attached to an aromatic ring is 1. The predicted octanol–water partition coefficient (Wildman–Crippen LogP) is 2.14. The molecule has 1 aliphatic carbocycles. The standard InChI is InChI=1S/C14H19N3/c1-8-3-5-10(7-12(8)15)11-6-4-9(2)13(16)14(11)17/h3-5,7,11H,6,15-17H2,1-2H3. The molecule has 17 heavy (non-hydrogen) atoms. The Morgan fingerprint density at radius 2 is 1.82 bits per heavy atom. The highest BCUT2D eigenvalue weighted by atomic mass is 14.7. The lowest BCUT2D eigenvalue weighted by Crippen LogP contribution is -2.21. The van der Waals surface area contributed by atoms with E-state index < -0.39 is 0 Å². The molecule has 90 valence electrons. The molecular weight excluding hydrogens is 210 g/mol. The molecule has 2 rings (SSSR count). The number of hydrogen-bond acceptors (Lipinski definition) is 3. The first-order chi connectivity index (χ1) is 8.00. The molecule has 0 bridgehead atoms. The number of nitrogens with two attached hydrogens (primary N) is 3. The van der Waals surface area contributed by atoms with Gasteiger partial charge in [0, 0.05) is 17.3 Å². The zero-order valence-electron chi connectivity index (χ0n) is 10.3. The molecule has 0 spiro atoms. The second-order valence-corrected chi connectivity index (χ2v) is 4.66. The summed E-state index contributed by atoms with van der Waals surface area (Å²) in [6, 6.07) is 6.10. The van der Waals surface area contributed by atoms with Crippen LogP contribution < -0.4 is 17.2 Å². The maximum Gasteiger partial charge on any atom is 0.0537 e. The number of rotatable bonds is 1. The topological polar surface area (TPSA) is 78.1 Å². The van der Waals surface area contributed by atoms with Crippen molar-refractivity contribution in [3.63, 3.8) is 0 Å². The van der Waals surface area contributed by atoms with Crippen molar-refractivity contribution in [2.75, 3.05) is 5.73 Å². The van der Waals surface area contributed by atoms with Gasteiger partial charge in [-0.15, -0.1) is 0 Å². The van der Waals surface area contributed by atoms with E-state index in [2.05, 4.69) is 12.1 Å². The molecule has 0 radical (unpaired) electrons. The molecule has 1 aromatic carbocycles. The maximum atomic E-state index is 6.11. The van der Waals surface area contributed by atoms with E-state index in [1.165, 1.54) is 0 Å². The van der Waals surface area contributed by atoms with Crippen LogP contribution in [0.5, 0.6) is 0 Å². The Hall–Kier alpha value is -1.90. The van der Waals surface area contributed by atoms with Gasteiger partial charge in [0.2, 0.25) is 0 Å². The number of benzene rings is 1. The van der Waals surface area contributed by atoms with Crippen molar-refractivity contribution in [3.05, 3.63) is 52.4 Å². The van der Waals surface area contributed by atoms with Crippen molar-refractivity contribution in [2.45, 2.75) is 26.2 Å². The smallest absolute Gasteiger partial charge is 0.0537 e. The highest BCUT2D eigenvalue weighted by Crippen LogP contribution is 2.33. The normalized spacial score (nSPS) is 20.4. The third-order valence-electron chi connectivity index (χ3n) is 3.48. The lowest BCUT2D eigenvalue weighted by molar-refractivity contribution is 0.760. The van der Waals surface area contributed by atoms with Crippen LogP contribution in [0, 0.1) is 6.92 Å². The van der Waals surface area contributed by atoms with Gasteiger partial charge in [0.05, 0.1) is 5.70 Å². The first kappa shape index (κ1) is 11.6. The fourth-order valence-electron chi connectivity index (χ4n) is 2.14. The van der Waals surface area contributed by atoms with E-state index in [4.69, 9.17) is 17.2 Å². The van der Waals surface area contributed by atoms with Crippen LogP contribution in [0.3, 0.4) is 0 Å². The SMILES string of the molecule is CC1=CCC(c2ccc(C)c(N)c2)C(N)=C1N. The predicted molar refractivity (Wildman–Crippen MR) is 72.1 cm³/mol. The summed E-state index contributed by atoms with van der Waals surface area (Å²) >= 11 is 0. The van der Waals surface area contributed by atoms with Gasteiger partial charge in [-0.3, -0.25) is 0 Å². The quantitative estimate of drug-likeness (QED) is 0.645. The van der Waals surface area contributed by atoms with Gasteiger partial charge in [-0.2, -0.15) is 0 Å². The molecule has 3 heteroatoms. The Morgan fingerprint density at radius 1 is 1.12 bits per heavy atom. The van der Waals surface area contributed by atoms with Crippen molar-refractivity contribution in [3.8, 4) is 0 Å². The van der Waals surface area contributed by atoms with Crippen LogP contribution in [-0.4, -0.2) is 0 Å². The molecule has 0 saturated carbocycles. The third-order valence-corrected chi connectivity index (χ3v) is 3.48. The summed E-state index contributed by atoms with van der Waals surface area (Å²) in [4.78, 5) is 0. The Kier molecular flexibility index (Phi) is 2.84. The molecule has 0 aromatic heterocycles. The Morgan fingerprint density at radius 3 is 2.47 bits per heavy atom. The highest BCUT2D eigenvalue weighted by molar-refractivity contribution is 5.51. The van der Waals surface area contributed by atoms with Gasteiger partial charge in [0.1, 0.15) is 0 Å². The van der Waals surface area contributed by atoms with Crippen LogP contribution in [0.15, 0.2) is 41.2 Å². The van der Waals surface area contributed by atoms with Crippen LogP contribution >= 0.6 is 0 Å². The molecule has 3 nitrogen and oxygen atoms in total. The summed E-state index contributed by atoms with van der Waals surface area (Å²) in [5.74, 6) is 0.154. The fraction of sp³-hybridized carbons (Fsp3) is 0.286. The second kappa shape index (κ2) is 4.17. The Balaban J connectivity index is 2.40. The van der Waals surface area contributed by atoms with Crippen molar-refractivity contribution in [1.29, 1.82) is 0 Å². The highest BCUT2D eigenvalue weighted by Gasteiger charge is 2.20. The average molecular weight is 229 g/mol. The van der Waals surface area contributed by atoms with Crippen molar-refractivity contribution >= 4 is 5.69 Å². The van der Waals surface area contributed by atoms with Crippen LogP contribution in [0.2, 0.25) is 0 Å². The zero-order chi connectivity index (χ0) is 12.6. The van der Waals surface area contributed by atoms with Gasteiger partial charge in [0.25, 0.3) is 0 Å². The largest absolute Gasteiger partial charge is 0.400 e.